The summed E-state index contributed by atoms with van der Waals surface area (Å²) in [5.41, 5.74) is 3.42. The fraction of sp³-hybridized carbons (Fsp3) is 0.150. The van der Waals surface area contributed by atoms with Crippen molar-refractivity contribution in [3.8, 4) is 16.9 Å². The van der Waals surface area contributed by atoms with Gasteiger partial charge in [0, 0.05) is 41.4 Å². The van der Waals surface area contributed by atoms with Gasteiger partial charge in [0.25, 0.3) is 0 Å². The molecule has 6 nitrogen and oxygen atoms in total. The molecule has 0 amide bonds. The molecule has 5 rings (SSSR count). The van der Waals surface area contributed by atoms with Crippen LogP contribution in [0.2, 0.25) is 10.0 Å². The van der Waals surface area contributed by atoms with Gasteiger partial charge in [0.15, 0.2) is 5.65 Å². The minimum atomic E-state index is -0.279. The van der Waals surface area contributed by atoms with Crippen LogP contribution in [-0.2, 0) is 13.0 Å². The van der Waals surface area contributed by atoms with Crippen LogP contribution in [0.4, 0.5) is 10.3 Å². The monoisotopic (exact) mass is 429 g/mol. The maximum atomic E-state index is 14.4. The van der Waals surface area contributed by atoms with Crippen LogP contribution in [-0.4, -0.2) is 26.2 Å². The molecule has 0 saturated carbocycles. The molecule has 4 aromatic rings. The summed E-state index contributed by atoms with van der Waals surface area (Å²) in [6.07, 6.45) is 3.76. The van der Waals surface area contributed by atoms with E-state index in [1.165, 1.54) is 12.4 Å². The Balaban J connectivity index is 1.52. The Morgan fingerprint density at radius 1 is 1.14 bits per heavy atom. The highest BCUT2D eigenvalue weighted by molar-refractivity contribution is 6.43. The third-order valence-electron chi connectivity index (χ3n) is 4.91. The number of fused-ring (bicyclic) bond motifs is 2. The smallest absolute Gasteiger partial charge is 0.226 e. The van der Waals surface area contributed by atoms with E-state index >= 15 is 0 Å². The minimum Gasteiger partial charge on any atom is -0.493 e. The molecular formula is C20H14Cl2FN5O. The standard InChI is InChI=1S/C20H14Cl2FN5O/c21-15-3-1-2-12(18(15)22)14-9-25-20(28-19(14)26-10-27-28)24-8-13-11-6-7-29-17(11)5-4-16(13)23/h1-5,9-10H,6-8H2,(H,24,25). The van der Waals surface area contributed by atoms with Crippen LogP contribution in [0, 0.1) is 5.82 Å². The Morgan fingerprint density at radius 2 is 2.03 bits per heavy atom. The van der Waals surface area contributed by atoms with Gasteiger partial charge < -0.3 is 10.1 Å². The number of halogens is 3. The van der Waals surface area contributed by atoms with Crippen LogP contribution in [0.3, 0.4) is 0 Å². The zero-order valence-corrected chi connectivity index (χ0v) is 16.5. The van der Waals surface area contributed by atoms with Crippen LogP contribution >= 0.6 is 23.2 Å². The number of benzene rings is 2. The molecule has 2 aromatic heterocycles. The predicted octanol–water partition coefficient (Wildman–Crippen LogP) is 4.78. The second-order valence-electron chi connectivity index (χ2n) is 6.55. The van der Waals surface area contributed by atoms with E-state index in [1.54, 1.807) is 22.8 Å². The minimum absolute atomic E-state index is 0.248. The normalized spacial score (nSPS) is 12.8. The molecule has 0 fully saturated rings. The van der Waals surface area contributed by atoms with E-state index < -0.39 is 0 Å². The van der Waals surface area contributed by atoms with Crippen LogP contribution in [0.5, 0.6) is 5.75 Å². The van der Waals surface area contributed by atoms with Gasteiger partial charge in [-0.15, -0.1) is 0 Å². The Labute approximate surface area is 175 Å². The quantitative estimate of drug-likeness (QED) is 0.505. The van der Waals surface area contributed by atoms with Gasteiger partial charge in [-0.05, 0) is 18.2 Å². The van der Waals surface area contributed by atoms with Gasteiger partial charge in [0.05, 0.1) is 16.7 Å². The molecule has 0 bridgehead atoms. The molecule has 2 aromatic carbocycles. The Morgan fingerprint density at radius 3 is 2.93 bits per heavy atom. The highest BCUT2D eigenvalue weighted by Gasteiger charge is 2.20. The lowest BCUT2D eigenvalue weighted by molar-refractivity contribution is 0.356. The summed E-state index contributed by atoms with van der Waals surface area (Å²) in [4.78, 5) is 8.79. The number of hydrogen-bond donors (Lipinski definition) is 1. The summed E-state index contributed by atoms with van der Waals surface area (Å²) < 4.78 is 21.5. The second-order valence-corrected chi connectivity index (χ2v) is 7.33. The second kappa shape index (κ2) is 7.17. The molecule has 1 N–H and O–H groups in total. The third kappa shape index (κ3) is 3.07. The first-order valence-corrected chi connectivity index (χ1v) is 9.69. The average Bonchev–Trinajstić information content (AvgIpc) is 3.39. The van der Waals surface area contributed by atoms with Gasteiger partial charge in [-0.25, -0.2) is 14.4 Å². The first-order valence-electron chi connectivity index (χ1n) is 8.93. The Hall–Kier alpha value is -2.90. The number of rotatable bonds is 4. The SMILES string of the molecule is Fc1ccc2c(c1CNc1ncc(-c3cccc(Cl)c3Cl)c3ncnn13)CCO2. The first-order chi connectivity index (χ1) is 14.1. The number of hydrogen-bond acceptors (Lipinski definition) is 5. The molecule has 0 unspecified atom stereocenters. The molecular weight excluding hydrogens is 416 g/mol. The Bertz CT molecular complexity index is 1240. The van der Waals surface area contributed by atoms with Crippen LogP contribution in [0.25, 0.3) is 16.8 Å². The molecule has 9 heteroatoms. The van der Waals surface area contributed by atoms with E-state index in [4.69, 9.17) is 27.9 Å². The van der Waals surface area contributed by atoms with Crippen molar-refractivity contribution in [2.45, 2.75) is 13.0 Å². The van der Waals surface area contributed by atoms with Crippen LogP contribution in [0.15, 0.2) is 42.9 Å². The zero-order chi connectivity index (χ0) is 20.0. The summed E-state index contributed by atoms with van der Waals surface area (Å²) in [6, 6.07) is 8.45. The molecule has 1 aliphatic rings. The maximum absolute atomic E-state index is 14.4. The zero-order valence-electron chi connectivity index (χ0n) is 15.0. The van der Waals surface area contributed by atoms with Crippen molar-refractivity contribution in [1.29, 1.82) is 0 Å². The fourth-order valence-electron chi connectivity index (χ4n) is 3.51. The van der Waals surface area contributed by atoms with Crippen molar-refractivity contribution in [2.75, 3.05) is 11.9 Å². The van der Waals surface area contributed by atoms with Crippen LogP contribution in [0.1, 0.15) is 11.1 Å². The maximum Gasteiger partial charge on any atom is 0.226 e. The molecule has 3 heterocycles. The molecule has 0 aliphatic carbocycles. The van der Waals surface area contributed by atoms with E-state index in [2.05, 4.69) is 20.4 Å². The van der Waals surface area contributed by atoms with Crippen molar-refractivity contribution >= 4 is 34.8 Å². The lowest BCUT2D eigenvalue weighted by Gasteiger charge is -2.13. The fourth-order valence-corrected chi connectivity index (χ4v) is 3.92. The predicted molar refractivity (Wildman–Crippen MR) is 109 cm³/mol. The number of ether oxygens (including phenoxy) is 1. The molecule has 0 atom stereocenters. The van der Waals surface area contributed by atoms with Crippen molar-refractivity contribution in [1.82, 2.24) is 19.6 Å². The number of nitrogens with zero attached hydrogens (tertiary/aromatic N) is 4. The molecule has 0 spiro atoms. The lowest BCUT2D eigenvalue weighted by Crippen LogP contribution is -2.10. The summed E-state index contributed by atoms with van der Waals surface area (Å²) in [6.45, 7) is 0.810. The van der Waals surface area contributed by atoms with E-state index in [-0.39, 0.29) is 12.4 Å². The van der Waals surface area contributed by atoms with E-state index in [0.29, 0.717) is 51.4 Å². The highest BCUT2D eigenvalue weighted by Crippen LogP contribution is 2.35. The van der Waals surface area contributed by atoms with E-state index in [1.807, 2.05) is 12.1 Å². The van der Waals surface area contributed by atoms with Gasteiger partial charge in [0.2, 0.25) is 5.95 Å². The summed E-state index contributed by atoms with van der Waals surface area (Å²) in [5.74, 6) is 0.891. The number of anilines is 1. The average molecular weight is 430 g/mol. The molecule has 29 heavy (non-hydrogen) atoms. The lowest BCUT2D eigenvalue weighted by atomic mass is 10.0. The van der Waals surface area contributed by atoms with Crippen molar-refractivity contribution < 1.29 is 9.13 Å². The first kappa shape index (κ1) is 18.1. The number of aromatic nitrogens is 4. The number of nitrogens with one attached hydrogen (secondary N) is 1. The van der Waals surface area contributed by atoms with Crippen molar-refractivity contribution in [3.05, 3.63) is 69.8 Å². The van der Waals surface area contributed by atoms with Gasteiger partial charge in [-0.2, -0.15) is 9.61 Å². The molecule has 0 saturated heterocycles. The van der Waals surface area contributed by atoms with Gasteiger partial charge in [0.1, 0.15) is 17.9 Å². The van der Waals surface area contributed by atoms with Gasteiger partial charge in [-0.1, -0.05) is 35.3 Å². The summed E-state index contributed by atoms with van der Waals surface area (Å²) >= 11 is 12.5. The van der Waals surface area contributed by atoms with E-state index in [0.717, 1.165) is 11.3 Å². The molecule has 146 valence electrons. The van der Waals surface area contributed by atoms with Gasteiger partial charge >= 0.3 is 0 Å². The van der Waals surface area contributed by atoms with Gasteiger partial charge in [-0.3, -0.25) is 0 Å². The molecule has 1 aliphatic heterocycles. The topological polar surface area (TPSA) is 64.3 Å². The summed E-state index contributed by atoms with van der Waals surface area (Å²) in [7, 11) is 0. The van der Waals surface area contributed by atoms with E-state index in [9.17, 15) is 4.39 Å². The molecule has 0 radical (unpaired) electrons. The van der Waals surface area contributed by atoms with Crippen molar-refractivity contribution in [2.24, 2.45) is 0 Å². The largest absolute Gasteiger partial charge is 0.493 e. The van der Waals surface area contributed by atoms with Crippen LogP contribution < -0.4 is 10.1 Å². The highest BCUT2D eigenvalue weighted by atomic mass is 35.5. The Kier molecular flexibility index (Phi) is 4.49. The van der Waals surface area contributed by atoms with Crippen molar-refractivity contribution in [3.63, 3.8) is 0 Å². The third-order valence-corrected chi connectivity index (χ3v) is 5.73. The summed E-state index contributed by atoms with van der Waals surface area (Å²) in [5, 5.41) is 8.27.